The minimum Gasteiger partial charge on any atom is -0.479 e. The van der Waals surface area contributed by atoms with Gasteiger partial charge < -0.3 is 14.8 Å². The van der Waals surface area contributed by atoms with E-state index in [1.165, 1.54) is 19.1 Å². The summed E-state index contributed by atoms with van der Waals surface area (Å²) in [5.74, 6) is -2.06. The summed E-state index contributed by atoms with van der Waals surface area (Å²) in [4.78, 5) is 23.8. The van der Waals surface area contributed by atoms with Gasteiger partial charge in [0.1, 0.15) is 0 Å². The SMILES string of the molecule is CC(OC(=O)COc1ccc(Br)cc1F)C(=O)Nc1ccccc1Cl. The molecule has 0 heterocycles. The Hall–Kier alpha value is -2.12. The Bertz CT molecular complexity index is 787. The fourth-order valence-electron chi connectivity index (χ4n) is 1.81. The van der Waals surface area contributed by atoms with Crippen LogP contribution in [-0.4, -0.2) is 24.6 Å². The molecule has 0 aliphatic heterocycles. The highest BCUT2D eigenvalue weighted by atomic mass is 79.9. The Labute approximate surface area is 157 Å². The Morgan fingerprint density at radius 3 is 2.68 bits per heavy atom. The summed E-state index contributed by atoms with van der Waals surface area (Å²) < 4.78 is 24.1. The molecule has 8 heteroatoms. The maximum Gasteiger partial charge on any atom is 0.344 e. The first kappa shape index (κ1) is 19.2. The Morgan fingerprint density at radius 1 is 1.28 bits per heavy atom. The van der Waals surface area contributed by atoms with Gasteiger partial charge in [-0.15, -0.1) is 0 Å². The van der Waals surface area contributed by atoms with Crippen molar-refractivity contribution in [2.24, 2.45) is 0 Å². The Balaban J connectivity index is 1.85. The van der Waals surface area contributed by atoms with Crippen LogP contribution in [0, 0.1) is 5.82 Å². The maximum absolute atomic E-state index is 13.6. The molecule has 2 aromatic rings. The Kier molecular flexibility index (Phi) is 6.78. The zero-order chi connectivity index (χ0) is 18.4. The van der Waals surface area contributed by atoms with Crippen molar-refractivity contribution in [3.63, 3.8) is 0 Å². The van der Waals surface area contributed by atoms with Gasteiger partial charge in [0.05, 0.1) is 10.7 Å². The number of esters is 1. The van der Waals surface area contributed by atoms with Crippen molar-refractivity contribution in [3.8, 4) is 5.75 Å². The molecule has 0 aliphatic rings. The normalized spacial score (nSPS) is 11.5. The molecule has 0 aliphatic carbocycles. The zero-order valence-electron chi connectivity index (χ0n) is 13.1. The highest BCUT2D eigenvalue weighted by Gasteiger charge is 2.19. The number of carbonyl (C=O) groups is 2. The lowest BCUT2D eigenvalue weighted by atomic mass is 10.3. The van der Waals surface area contributed by atoms with Crippen molar-refractivity contribution in [2.75, 3.05) is 11.9 Å². The van der Waals surface area contributed by atoms with E-state index in [9.17, 15) is 14.0 Å². The van der Waals surface area contributed by atoms with Gasteiger partial charge >= 0.3 is 5.97 Å². The van der Waals surface area contributed by atoms with Crippen molar-refractivity contribution in [1.29, 1.82) is 0 Å². The number of anilines is 1. The van der Waals surface area contributed by atoms with E-state index >= 15 is 0 Å². The van der Waals surface area contributed by atoms with Crippen molar-refractivity contribution >= 4 is 45.1 Å². The van der Waals surface area contributed by atoms with Crippen LogP contribution in [0.2, 0.25) is 5.02 Å². The van der Waals surface area contributed by atoms with Crippen LogP contribution in [0.25, 0.3) is 0 Å². The molecule has 1 amide bonds. The summed E-state index contributed by atoms with van der Waals surface area (Å²) in [5, 5.41) is 2.91. The third-order valence-electron chi connectivity index (χ3n) is 3.05. The molecule has 0 aromatic heterocycles. The molecule has 1 atom stereocenters. The van der Waals surface area contributed by atoms with Gasteiger partial charge in [-0.2, -0.15) is 0 Å². The van der Waals surface area contributed by atoms with Crippen molar-refractivity contribution in [2.45, 2.75) is 13.0 Å². The molecule has 0 bridgehead atoms. The number of hydrogen-bond donors (Lipinski definition) is 1. The standard InChI is InChI=1S/C17H14BrClFNO4/c1-10(17(23)21-14-5-3-2-4-12(14)19)25-16(22)9-24-15-7-6-11(18)8-13(15)20/h2-8,10H,9H2,1H3,(H,21,23). The third-order valence-corrected chi connectivity index (χ3v) is 3.87. The molecule has 132 valence electrons. The lowest BCUT2D eigenvalue weighted by molar-refractivity contribution is -0.155. The van der Waals surface area contributed by atoms with Gasteiger partial charge in [0, 0.05) is 4.47 Å². The second-order valence-corrected chi connectivity index (χ2v) is 6.29. The molecular formula is C17H14BrClFNO4. The summed E-state index contributed by atoms with van der Waals surface area (Å²) in [6, 6.07) is 10.8. The second kappa shape index (κ2) is 8.82. The van der Waals surface area contributed by atoms with Crippen LogP contribution in [-0.2, 0) is 14.3 Å². The van der Waals surface area contributed by atoms with Crippen molar-refractivity contribution in [1.82, 2.24) is 0 Å². The molecule has 25 heavy (non-hydrogen) atoms. The predicted molar refractivity (Wildman–Crippen MR) is 95.2 cm³/mol. The van der Waals surface area contributed by atoms with E-state index in [1.807, 2.05) is 0 Å². The first-order valence-electron chi connectivity index (χ1n) is 7.19. The van der Waals surface area contributed by atoms with Gasteiger partial charge in [0.15, 0.2) is 24.3 Å². The number of para-hydroxylation sites is 1. The summed E-state index contributed by atoms with van der Waals surface area (Å²) in [6.45, 7) is 0.882. The summed E-state index contributed by atoms with van der Waals surface area (Å²) >= 11 is 9.06. The third kappa shape index (κ3) is 5.72. The number of amides is 1. The van der Waals surface area contributed by atoms with E-state index in [0.29, 0.717) is 15.2 Å². The quantitative estimate of drug-likeness (QED) is 0.698. The second-order valence-electron chi connectivity index (χ2n) is 4.96. The van der Waals surface area contributed by atoms with E-state index in [1.54, 1.807) is 30.3 Å². The van der Waals surface area contributed by atoms with E-state index in [2.05, 4.69) is 21.2 Å². The smallest absolute Gasteiger partial charge is 0.344 e. The van der Waals surface area contributed by atoms with Crippen LogP contribution < -0.4 is 10.1 Å². The molecule has 0 radical (unpaired) electrons. The molecule has 1 unspecified atom stereocenters. The molecular weight excluding hydrogens is 417 g/mol. The van der Waals surface area contributed by atoms with E-state index in [0.717, 1.165) is 0 Å². The number of rotatable bonds is 6. The van der Waals surface area contributed by atoms with Crippen LogP contribution in [0.5, 0.6) is 5.75 Å². The number of benzene rings is 2. The summed E-state index contributed by atoms with van der Waals surface area (Å²) in [6.07, 6.45) is -1.07. The summed E-state index contributed by atoms with van der Waals surface area (Å²) in [5.41, 5.74) is 0.408. The minimum absolute atomic E-state index is 0.0895. The van der Waals surface area contributed by atoms with Gasteiger partial charge in [-0.05, 0) is 37.3 Å². The number of carbonyl (C=O) groups excluding carboxylic acids is 2. The topological polar surface area (TPSA) is 64.6 Å². The van der Waals surface area contributed by atoms with Gasteiger partial charge in [0.25, 0.3) is 5.91 Å². The van der Waals surface area contributed by atoms with Crippen molar-refractivity contribution in [3.05, 3.63) is 57.8 Å². The number of ether oxygens (including phenoxy) is 2. The first-order chi connectivity index (χ1) is 11.9. The molecule has 5 nitrogen and oxygen atoms in total. The van der Waals surface area contributed by atoms with Crippen LogP contribution in [0.4, 0.5) is 10.1 Å². The van der Waals surface area contributed by atoms with Gasteiger partial charge in [-0.1, -0.05) is 39.7 Å². The molecule has 0 fully saturated rings. The molecule has 0 saturated carbocycles. The molecule has 2 aromatic carbocycles. The van der Waals surface area contributed by atoms with Gasteiger partial charge in [0.2, 0.25) is 0 Å². The lowest BCUT2D eigenvalue weighted by Gasteiger charge is -2.14. The van der Waals surface area contributed by atoms with Crippen LogP contribution in [0.1, 0.15) is 6.92 Å². The number of hydrogen-bond acceptors (Lipinski definition) is 4. The minimum atomic E-state index is -1.07. The zero-order valence-corrected chi connectivity index (χ0v) is 15.4. The molecule has 0 saturated heterocycles. The van der Waals surface area contributed by atoms with Crippen LogP contribution in [0.15, 0.2) is 46.9 Å². The fraction of sp³-hybridized carbons (Fsp3) is 0.176. The monoisotopic (exact) mass is 429 g/mol. The summed E-state index contributed by atoms with van der Waals surface area (Å²) in [7, 11) is 0. The molecule has 1 N–H and O–H groups in total. The predicted octanol–water partition coefficient (Wildman–Crippen LogP) is 4.19. The number of nitrogens with one attached hydrogen (secondary N) is 1. The Morgan fingerprint density at radius 2 is 2.00 bits per heavy atom. The van der Waals surface area contributed by atoms with E-state index in [-0.39, 0.29) is 5.75 Å². The lowest BCUT2D eigenvalue weighted by Crippen LogP contribution is -2.31. The highest BCUT2D eigenvalue weighted by molar-refractivity contribution is 9.10. The molecule has 0 spiro atoms. The average molecular weight is 431 g/mol. The largest absolute Gasteiger partial charge is 0.479 e. The highest BCUT2D eigenvalue weighted by Crippen LogP contribution is 2.22. The van der Waals surface area contributed by atoms with Crippen LogP contribution in [0.3, 0.4) is 0 Å². The van der Waals surface area contributed by atoms with Gasteiger partial charge in [-0.3, -0.25) is 4.79 Å². The van der Waals surface area contributed by atoms with Crippen molar-refractivity contribution < 1.29 is 23.5 Å². The van der Waals surface area contributed by atoms with E-state index in [4.69, 9.17) is 21.1 Å². The maximum atomic E-state index is 13.6. The number of halogens is 3. The van der Waals surface area contributed by atoms with Crippen LogP contribution >= 0.6 is 27.5 Å². The fourth-order valence-corrected chi connectivity index (χ4v) is 2.33. The van der Waals surface area contributed by atoms with E-state index < -0.39 is 30.4 Å². The average Bonchev–Trinajstić information content (AvgIpc) is 2.56. The first-order valence-corrected chi connectivity index (χ1v) is 8.36. The molecule has 2 rings (SSSR count). The van der Waals surface area contributed by atoms with Gasteiger partial charge in [-0.25, -0.2) is 9.18 Å².